The quantitative estimate of drug-likeness (QED) is 0.574. The van der Waals surface area contributed by atoms with Crippen molar-refractivity contribution >= 4 is 11.8 Å². The van der Waals surface area contributed by atoms with Gasteiger partial charge in [-0.25, -0.2) is 4.79 Å². The largest absolute Gasteiger partial charge is 0.481 e. The third-order valence-electron chi connectivity index (χ3n) is 7.60. The molecule has 8 nitrogen and oxygen atoms in total. The molecule has 31 heavy (non-hydrogen) atoms. The highest BCUT2D eigenvalue weighted by molar-refractivity contribution is 5.84. The Morgan fingerprint density at radius 3 is 2.87 bits per heavy atom. The molecule has 8 heteroatoms. The minimum Gasteiger partial charge on any atom is -0.481 e. The molecule has 0 aromatic heterocycles. The van der Waals surface area contributed by atoms with Crippen molar-refractivity contribution in [2.24, 2.45) is 0 Å². The van der Waals surface area contributed by atoms with Crippen molar-refractivity contribution in [3.63, 3.8) is 0 Å². The maximum Gasteiger partial charge on any atom is 0.340 e. The molecule has 2 aliphatic carbocycles. The second-order valence-corrected chi connectivity index (χ2v) is 9.24. The Kier molecular flexibility index (Phi) is 4.57. The lowest BCUT2D eigenvalue weighted by molar-refractivity contribution is -0.172. The number of likely N-dealkylation sites (N-methyl/N-ethyl adjacent to an activating group) is 1. The van der Waals surface area contributed by atoms with Crippen LogP contribution in [0.25, 0.3) is 0 Å². The lowest BCUT2D eigenvalue weighted by atomic mass is 9.50. The van der Waals surface area contributed by atoms with E-state index in [9.17, 15) is 24.9 Å². The van der Waals surface area contributed by atoms with Crippen LogP contribution in [0.4, 0.5) is 0 Å². The number of Topliss-reactive ketones (excluding diaryl/α,β-unsaturated/α-hetero) is 1. The summed E-state index contributed by atoms with van der Waals surface area (Å²) in [5.74, 6) is -0.430. The molecule has 166 valence electrons. The predicted octanol–water partition coefficient (Wildman–Crippen LogP) is 0.340. The normalized spacial score (nSPS) is 33.8. The van der Waals surface area contributed by atoms with E-state index in [1.54, 1.807) is 6.08 Å². The number of ketones is 1. The lowest BCUT2D eigenvalue weighted by Gasteiger charge is -2.61. The zero-order valence-corrected chi connectivity index (χ0v) is 17.6. The summed E-state index contributed by atoms with van der Waals surface area (Å²) in [4.78, 5) is 25.9. The Hall–Kier alpha value is -2.26. The number of hydrogen-bond acceptors (Lipinski definition) is 8. The van der Waals surface area contributed by atoms with Crippen LogP contribution in [-0.4, -0.2) is 69.4 Å². The minimum atomic E-state index is -1.55. The molecule has 0 saturated carbocycles. The van der Waals surface area contributed by atoms with Gasteiger partial charge in [0.05, 0.1) is 17.6 Å². The summed E-state index contributed by atoms with van der Waals surface area (Å²) in [6.07, 6.45) is 0.579. The molecule has 0 unspecified atom stereocenters. The van der Waals surface area contributed by atoms with Crippen molar-refractivity contribution in [1.82, 2.24) is 4.90 Å². The number of likely N-dealkylation sites (tertiary alicyclic amines) is 1. The highest BCUT2D eigenvalue weighted by Crippen LogP contribution is 2.64. The fraction of sp³-hybridized carbons (Fsp3) is 0.565. The molecule has 1 aromatic carbocycles. The van der Waals surface area contributed by atoms with Gasteiger partial charge in [0.25, 0.3) is 0 Å². The van der Waals surface area contributed by atoms with Crippen molar-refractivity contribution in [1.29, 1.82) is 0 Å². The molecule has 5 atom stereocenters. The zero-order chi connectivity index (χ0) is 22.1. The van der Waals surface area contributed by atoms with Crippen LogP contribution in [0, 0.1) is 0 Å². The van der Waals surface area contributed by atoms with E-state index >= 15 is 0 Å². The molecular formula is C23H27NO7. The van der Waals surface area contributed by atoms with Crippen molar-refractivity contribution in [3.8, 4) is 5.75 Å². The minimum absolute atomic E-state index is 0.123. The summed E-state index contributed by atoms with van der Waals surface area (Å²) >= 11 is 0. The molecule has 2 aliphatic heterocycles. The first kappa shape index (κ1) is 20.6. The fourth-order valence-corrected chi connectivity index (χ4v) is 6.17. The number of aliphatic hydroxyl groups excluding tert-OH is 2. The topological polar surface area (TPSA) is 117 Å². The van der Waals surface area contributed by atoms with Gasteiger partial charge in [-0.3, -0.25) is 4.79 Å². The molecule has 2 heterocycles. The standard InChI is InChI=1S/C23H27NO7/c1-12(26)9-15(27)21(28)30-16-5-6-23(29)17-10-13-3-4-14(11-25)19-18(13)22(23,20(16)31-19)7-8-24(17)2/h3-5,15,17,20,25,27,29H,6-11H2,1-2H3/t15-,17+,20-,22-,23+/m0/s1. The molecule has 1 fully saturated rings. The van der Waals surface area contributed by atoms with E-state index in [0.717, 1.165) is 17.7 Å². The zero-order valence-electron chi connectivity index (χ0n) is 17.6. The first-order chi connectivity index (χ1) is 14.7. The van der Waals surface area contributed by atoms with E-state index in [0.29, 0.717) is 24.2 Å². The molecule has 1 saturated heterocycles. The number of piperidine rings is 1. The highest BCUT2D eigenvalue weighted by atomic mass is 16.6. The van der Waals surface area contributed by atoms with Crippen molar-refractivity contribution in [2.45, 2.75) is 68.5 Å². The molecule has 4 aliphatic rings. The third kappa shape index (κ3) is 2.62. The van der Waals surface area contributed by atoms with Gasteiger partial charge in [0.1, 0.15) is 17.3 Å². The van der Waals surface area contributed by atoms with E-state index in [1.165, 1.54) is 6.92 Å². The van der Waals surface area contributed by atoms with Crippen LogP contribution in [0.1, 0.15) is 42.9 Å². The molecule has 0 radical (unpaired) electrons. The van der Waals surface area contributed by atoms with Crippen LogP contribution in [0.3, 0.4) is 0 Å². The van der Waals surface area contributed by atoms with Gasteiger partial charge < -0.3 is 29.7 Å². The van der Waals surface area contributed by atoms with Crippen LogP contribution >= 0.6 is 0 Å². The van der Waals surface area contributed by atoms with Gasteiger partial charge in [0, 0.05) is 30.0 Å². The Bertz CT molecular complexity index is 1000. The van der Waals surface area contributed by atoms with Crippen LogP contribution in [-0.2, 0) is 32.8 Å². The third-order valence-corrected chi connectivity index (χ3v) is 7.60. The summed E-state index contributed by atoms with van der Waals surface area (Å²) < 4.78 is 11.9. The second-order valence-electron chi connectivity index (χ2n) is 9.24. The number of carbonyl (C=O) groups excluding carboxylic acids is 2. The predicted molar refractivity (Wildman–Crippen MR) is 108 cm³/mol. The maximum absolute atomic E-state index is 12.5. The highest BCUT2D eigenvalue weighted by Gasteiger charge is 2.71. The Balaban J connectivity index is 1.61. The van der Waals surface area contributed by atoms with E-state index in [-0.39, 0.29) is 37.0 Å². The van der Waals surface area contributed by atoms with Gasteiger partial charge in [0.2, 0.25) is 0 Å². The smallest absolute Gasteiger partial charge is 0.340 e. The average Bonchev–Trinajstić information content (AvgIpc) is 3.07. The molecule has 1 spiro atoms. The number of aliphatic hydroxyl groups is 3. The van der Waals surface area contributed by atoms with Gasteiger partial charge >= 0.3 is 5.97 Å². The number of nitrogens with zero attached hydrogens (tertiary/aromatic N) is 1. The Morgan fingerprint density at radius 1 is 1.39 bits per heavy atom. The number of hydrogen-bond donors (Lipinski definition) is 3. The SMILES string of the molecule is CC(=O)C[C@H](O)C(=O)OC1=CC[C@@]2(O)[C@H]3Cc4ccc(CO)c5c4[C@@]2(CCN3C)[C@H]1O5. The summed E-state index contributed by atoms with van der Waals surface area (Å²) in [5, 5.41) is 32.0. The molecule has 1 aromatic rings. The molecule has 3 N–H and O–H groups in total. The van der Waals surface area contributed by atoms with Crippen LogP contribution in [0.5, 0.6) is 5.75 Å². The van der Waals surface area contributed by atoms with E-state index in [4.69, 9.17) is 9.47 Å². The number of ether oxygens (including phenoxy) is 2. The van der Waals surface area contributed by atoms with Gasteiger partial charge in [-0.05, 0) is 45.0 Å². The Labute approximate surface area is 180 Å². The second kappa shape index (κ2) is 6.87. The van der Waals surface area contributed by atoms with Crippen LogP contribution in [0.2, 0.25) is 0 Å². The van der Waals surface area contributed by atoms with Gasteiger partial charge in [-0.1, -0.05) is 12.1 Å². The van der Waals surface area contributed by atoms with Gasteiger partial charge in [-0.15, -0.1) is 0 Å². The number of esters is 1. The monoisotopic (exact) mass is 429 g/mol. The average molecular weight is 429 g/mol. The Morgan fingerprint density at radius 2 is 2.16 bits per heavy atom. The molecular weight excluding hydrogens is 402 g/mol. The molecule has 5 rings (SSSR count). The van der Waals surface area contributed by atoms with Crippen molar-refractivity contribution in [3.05, 3.63) is 40.7 Å². The van der Waals surface area contributed by atoms with Crippen LogP contribution < -0.4 is 4.74 Å². The number of rotatable bonds is 5. The van der Waals surface area contributed by atoms with Gasteiger partial charge in [0.15, 0.2) is 12.2 Å². The van der Waals surface area contributed by atoms with Crippen LogP contribution in [0.15, 0.2) is 24.0 Å². The first-order valence-electron chi connectivity index (χ1n) is 10.7. The first-order valence-corrected chi connectivity index (χ1v) is 10.7. The fourth-order valence-electron chi connectivity index (χ4n) is 6.17. The summed E-state index contributed by atoms with van der Waals surface area (Å²) in [6, 6.07) is 3.71. The summed E-state index contributed by atoms with van der Waals surface area (Å²) in [7, 11) is 2.01. The summed E-state index contributed by atoms with van der Waals surface area (Å²) in [5.41, 5.74) is 0.672. The van der Waals surface area contributed by atoms with Gasteiger partial charge in [-0.2, -0.15) is 0 Å². The van der Waals surface area contributed by atoms with E-state index in [2.05, 4.69) is 4.90 Å². The van der Waals surface area contributed by atoms with E-state index in [1.807, 2.05) is 19.2 Å². The number of benzene rings is 1. The van der Waals surface area contributed by atoms with E-state index < -0.39 is 29.2 Å². The number of carbonyl (C=O) groups is 2. The molecule has 0 amide bonds. The molecule has 2 bridgehead atoms. The maximum atomic E-state index is 12.5. The lowest BCUT2D eigenvalue weighted by Crippen LogP contribution is -2.74. The van der Waals surface area contributed by atoms with Crippen molar-refractivity contribution in [2.75, 3.05) is 13.6 Å². The van der Waals surface area contributed by atoms with Crippen molar-refractivity contribution < 1.29 is 34.4 Å². The summed E-state index contributed by atoms with van der Waals surface area (Å²) in [6.45, 7) is 1.83.